The van der Waals surface area contributed by atoms with Crippen LogP contribution in [0.3, 0.4) is 0 Å². The molecule has 3 rings (SSSR count). The summed E-state index contributed by atoms with van der Waals surface area (Å²) in [4.78, 5) is 29.5. The maximum Gasteiger partial charge on any atom is 0.244 e. The Hall–Kier alpha value is -3.65. The van der Waals surface area contributed by atoms with Gasteiger partial charge in [-0.1, -0.05) is 79.2 Å². The van der Waals surface area contributed by atoms with Crippen molar-refractivity contribution in [3.05, 3.63) is 101 Å². The van der Waals surface area contributed by atoms with E-state index in [0.29, 0.717) is 12.1 Å². The molecule has 0 saturated carbocycles. The molecule has 7 nitrogen and oxygen atoms in total. The van der Waals surface area contributed by atoms with Crippen molar-refractivity contribution in [3.63, 3.8) is 0 Å². The SMILES string of the molecule is CC[C@H](C)NC(=O)[C@@H](Cc1ccccc1)N(Cc1ccccc1C)C(=O)CN(c1ccc(C)cc1C)S(C)(=O)=O. The van der Waals surface area contributed by atoms with E-state index < -0.39 is 28.5 Å². The number of carbonyl (C=O) groups is 2. The third-order valence-corrected chi connectivity index (χ3v) is 8.30. The lowest BCUT2D eigenvalue weighted by Gasteiger charge is -2.34. The number of nitrogens with zero attached hydrogens (tertiary/aromatic N) is 2. The van der Waals surface area contributed by atoms with Crippen LogP contribution in [0.1, 0.15) is 48.1 Å². The number of rotatable bonds is 12. The number of carbonyl (C=O) groups excluding carboxylic acids is 2. The number of hydrogen-bond acceptors (Lipinski definition) is 4. The number of benzene rings is 3. The summed E-state index contributed by atoms with van der Waals surface area (Å²) in [6.45, 7) is 9.38. The third kappa shape index (κ3) is 8.18. The first-order valence-electron chi connectivity index (χ1n) is 13.6. The van der Waals surface area contributed by atoms with Crippen LogP contribution in [0.25, 0.3) is 0 Å². The largest absolute Gasteiger partial charge is 0.352 e. The van der Waals surface area contributed by atoms with Gasteiger partial charge in [0.05, 0.1) is 11.9 Å². The van der Waals surface area contributed by atoms with E-state index in [0.717, 1.165) is 44.8 Å². The van der Waals surface area contributed by atoms with Crippen molar-refractivity contribution >= 4 is 27.5 Å². The second kappa shape index (κ2) is 13.6. The minimum absolute atomic E-state index is 0.0797. The van der Waals surface area contributed by atoms with Gasteiger partial charge in [0.1, 0.15) is 12.6 Å². The molecule has 3 aromatic carbocycles. The highest BCUT2D eigenvalue weighted by atomic mass is 32.2. The summed E-state index contributed by atoms with van der Waals surface area (Å²) in [7, 11) is -3.81. The van der Waals surface area contributed by atoms with Gasteiger partial charge in [-0.05, 0) is 62.4 Å². The number of nitrogens with one attached hydrogen (secondary N) is 1. The van der Waals surface area contributed by atoms with Crippen molar-refractivity contribution in [2.75, 3.05) is 17.1 Å². The second-order valence-corrected chi connectivity index (χ2v) is 12.4. The molecule has 1 N–H and O–H groups in total. The molecule has 0 aliphatic heterocycles. The zero-order valence-electron chi connectivity index (χ0n) is 24.3. The van der Waals surface area contributed by atoms with Crippen LogP contribution in [0, 0.1) is 20.8 Å². The smallest absolute Gasteiger partial charge is 0.244 e. The van der Waals surface area contributed by atoms with Crippen LogP contribution in [0.15, 0.2) is 72.8 Å². The van der Waals surface area contributed by atoms with Crippen molar-refractivity contribution in [2.24, 2.45) is 0 Å². The fourth-order valence-corrected chi connectivity index (χ4v) is 5.55. The van der Waals surface area contributed by atoms with E-state index >= 15 is 0 Å². The highest BCUT2D eigenvalue weighted by molar-refractivity contribution is 7.92. The summed E-state index contributed by atoms with van der Waals surface area (Å²) in [5.74, 6) is -0.716. The van der Waals surface area contributed by atoms with Crippen molar-refractivity contribution in [3.8, 4) is 0 Å². The summed E-state index contributed by atoms with van der Waals surface area (Å²) in [5.41, 5.74) is 4.97. The molecule has 0 heterocycles. The van der Waals surface area contributed by atoms with Crippen molar-refractivity contribution < 1.29 is 18.0 Å². The zero-order chi connectivity index (χ0) is 29.4. The molecule has 0 aliphatic rings. The van der Waals surface area contributed by atoms with Gasteiger partial charge in [0, 0.05) is 19.0 Å². The molecule has 0 spiro atoms. The van der Waals surface area contributed by atoms with Gasteiger partial charge < -0.3 is 10.2 Å². The maximum atomic E-state index is 14.2. The van der Waals surface area contributed by atoms with Gasteiger partial charge in [0.25, 0.3) is 0 Å². The zero-order valence-corrected chi connectivity index (χ0v) is 25.2. The number of anilines is 1. The summed E-state index contributed by atoms with van der Waals surface area (Å²) in [5, 5.41) is 3.05. The van der Waals surface area contributed by atoms with E-state index in [1.165, 1.54) is 4.90 Å². The molecule has 0 bridgehead atoms. The monoisotopic (exact) mass is 563 g/mol. The Morgan fingerprint density at radius 3 is 2.15 bits per heavy atom. The van der Waals surface area contributed by atoms with Crippen LogP contribution in [-0.2, 0) is 32.6 Å². The van der Waals surface area contributed by atoms with Crippen LogP contribution in [0.5, 0.6) is 0 Å². The highest BCUT2D eigenvalue weighted by Crippen LogP contribution is 2.25. The molecule has 3 aromatic rings. The Morgan fingerprint density at radius 2 is 1.55 bits per heavy atom. The molecular formula is C32H41N3O4S. The van der Waals surface area contributed by atoms with Gasteiger partial charge in [-0.3, -0.25) is 13.9 Å². The molecule has 0 saturated heterocycles. The van der Waals surface area contributed by atoms with E-state index in [2.05, 4.69) is 5.32 Å². The van der Waals surface area contributed by atoms with E-state index in [9.17, 15) is 18.0 Å². The normalized spacial score (nSPS) is 12.8. The molecule has 40 heavy (non-hydrogen) atoms. The average Bonchev–Trinajstić information content (AvgIpc) is 2.90. The Balaban J connectivity index is 2.09. The van der Waals surface area contributed by atoms with Crippen LogP contribution >= 0.6 is 0 Å². The first-order chi connectivity index (χ1) is 18.9. The first-order valence-corrected chi connectivity index (χ1v) is 15.5. The molecule has 214 valence electrons. The van der Waals surface area contributed by atoms with Crippen LogP contribution < -0.4 is 9.62 Å². The molecule has 0 radical (unpaired) electrons. The van der Waals surface area contributed by atoms with Gasteiger partial charge in [-0.15, -0.1) is 0 Å². The van der Waals surface area contributed by atoms with Gasteiger partial charge in [0.15, 0.2) is 0 Å². The summed E-state index contributed by atoms with van der Waals surface area (Å²) in [6, 6.07) is 21.8. The van der Waals surface area contributed by atoms with Crippen molar-refractivity contribution in [1.82, 2.24) is 10.2 Å². The number of hydrogen-bond donors (Lipinski definition) is 1. The van der Waals surface area contributed by atoms with Gasteiger partial charge >= 0.3 is 0 Å². The number of sulfonamides is 1. The molecule has 2 atom stereocenters. The lowest BCUT2D eigenvalue weighted by Crippen LogP contribution is -2.54. The van der Waals surface area contributed by atoms with Crippen LogP contribution in [-0.4, -0.2) is 50.0 Å². The average molecular weight is 564 g/mol. The lowest BCUT2D eigenvalue weighted by atomic mass is 10.0. The molecule has 0 aliphatic carbocycles. The van der Waals surface area contributed by atoms with E-state index in [4.69, 9.17) is 0 Å². The van der Waals surface area contributed by atoms with E-state index in [-0.39, 0.29) is 18.5 Å². The summed E-state index contributed by atoms with van der Waals surface area (Å²) < 4.78 is 27.1. The van der Waals surface area contributed by atoms with Gasteiger partial charge in [-0.25, -0.2) is 8.42 Å². The lowest BCUT2D eigenvalue weighted by molar-refractivity contribution is -0.140. The Labute approximate surface area is 239 Å². The van der Waals surface area contributed by atoms with Crippen molar-refractivity contribution in [2.45, 2.75) is 66.1 Å². The Morgan fingerprint density at radius 1 is 0.900 bits per heavy atom. The minimum atomic E-state index is -3.81. The summed E-state index contributed by atoms with van der Waals surface area (Å²) in [6.07, 6.45) is 2.13. The second-order valence-electron chi connectivity index (χ2n) is 10.5. The number of amides is 2. The number of aryl methyl sites for hydroxylation is 3. The Kier molecular flexibility index (Phi) is 10.5. The summed E-state index contributed by atoms with van der Waals surface area (Å²) >= 11 is 0. The van der Waals surface area contributed by atoms with Crippen molar-refractivity contribution in [1.29, 1.82) is 0 Å². The standard InChI is InChI=1S/C32H41N3O4S/c1-7-26(5)33-32(37)30(20-27-14-9-8-10-15-27)34(21-28-16-12-11-13-24(28)3)31(36)22-35(40(6,38)39)29-18-17-23(2)19-25(29)4/h8-19,26,30H,7,20-22H2,1-6H3,(H,33,37)/t26-,30+/m0/s1. The van der Waals surface area contributed by atoms with Crippen LogP contribution in [0.2, 0.25) is 0 Å². The molecule has 8 heteroatoms. The minimum Gasteiger partial charge on any atom is -0.352 e. The fourth-order valence-electron chi connectivity index (χ4n) is 4.65. The van der Waals surface area contributed by atoms with Gasteiger partial charge in [-0.2, -0.15) is 0 Å². The van der Waals surface area contributed by atoms with E-state index in [1.807, 2.05) is 101 Å². The topological polar surface area (TPSA) is 86.8 Å². The van der Waals surface area contributed by atoms with E-state index in [1.54, 1.807) is 6.07 Å². The quantitative estimate of drug-likeness (QED) is 0.339. The predicted molar refractivity (Wildman–Crippen MR) is 162 cm³/mol. The molecule has 0 aromatic heterocycles. The molecule has 0 fully saturated rings. The molecular weight excluding hydrogens is 522 g/mol. The van der Waals surface area contributed by atoms with Crippen LogP contribution in [0.4, 0.5) is 5.69 Å². The predicted octanol–water partition coefficient (Wildman–Crippen LogP) is 4.93. The Bertz CT molecular complexity index is 1420. The highest BCUT2D eigenvalue weighted by Gasteiger charge is 2.33. The first kappa shape index (κ1) is 30.9. The third-order valence-electron chi connectivity index (χ3n) is 7.17. The maximum absolute atomic E-state index is 14.2. The molecule has 2 amide bonds. The van der Waals surface area contributed by atoms with Gasteiger partial charge in [0.2, 0.25) is 21.8 Å². The fraction of sp³-hybridized carbons (Fsp3) is 0.375. The molecule has 0 unspecified atom stereocenters.